The molecule has 1 saturated heterocycles. The summed E-state index contributed by atoms with van der Waals surface area (Å²) in [6.07, 6.45) is 0. The van der Waals surface area contributed by atoms with Crippen molar-refractivity contribution in [3.8, 4) is 0 Å². The number of rotatable bonds is 4. The highest BCUT2D eigenvalue weighted by atomic mass is 32.1. The average Bonchev–Trinajstić information content (AvgIpc) is 3.00. The predicted octanol–water partition coefficient (Wildman–Crippen LogP) is 1.05. The lowest BCUT2D eigenvalue weighted by Crippen LogP contribution is -2.56. The summed E-state index contributed by atoms with van der Waals surface area (Å²) in [4.78, 5) is 41.6. The molecule has 1 aromatic heterocycles. The van der Waals surface area contributed by atoms with Gasteiger partial charge in [0.2, 0.25) is 5.91 Å². The Kier molecular flexibility index (Phi) is 6.33. The van der Waals surface area contributed by atoms with Crippen molar-refractivity contribution in [2.75, 3.05) is 32.7 Å². The minimum absolute atomic E-state index is 0.0483. The topological polar surface area (TPSA) is 81.8 Å². The Balaban J connectivity index is 1.84. The number of amides is 4. The Hall–Kier alpha value is -1.93. The monoisotopic (exact) mass is 352 g/mol. The molecular weight excluding hydrogens is 328 g/mol. The van der Waals surface area contributed by atoms with Gasteiger partial charge in [0.1, 0.15) is 0 Å². The second-order valence-corrected chi connectivity index (χ2v) is 7.05. The van der Waals surface area contributed by atoms with Crippen LogP contribution in [-0.2, 0) is 4.79 Å². The number of nitrogens with zero attached hydrogens (tertiary/aromatic N) is 2. The van der Waals surface area contributed by atoms with E-state index in [1.165, 1.54) is 11.3 Å². The second kappa shape index (κ2) is 8.25. The maximum Gasteiger partial charge on any atom is 0.321 e. The molecule has 2 rings (SSSR count). The van der Waals surface area contributed by atoms with Crippen LogP contribution in [0.3, 0.4) is 0 Å². The molecule has 0 unspecified atom stereocenters. The van der Waals surface area contributed by atoms with Gasteiger partial charge in [-0.25, -0.2) is 4.79 Å². The van der Waals surface area contributed by atoms with Crippen LogP contribution in [-0.4, -0.2) is 66.4 Å². The van der Waals surface area contributed by atoms with Crippen LogP contribution >= 0.6 is 11.3 Å². The van der Waals surface area contributed by atoms with Crippen LogP contribution in [0.2, 0.25) is 0 Å². The summed E-state index contributed by atoms with van der Waals surface area (Å²) in [6.45, 7) is 8.39. The molecule has 4 amide bonds. The van der Waals surface area contributed by atoms with Crippen molar-refractivity contribution in [2.45, 2.75) is 26.8 Å². The van der Waals surface area contributed by atoms with E-state index in [0.29, 0.717) is 32.7 Å². The summed E-state index contributed by atoms with van der Waals surface area (Å²) in [5, 5.41) is 4.87. The molecule has 7 nitrogen and oxygen atoms in total. The lowest BCUT2D eigenvalue weighted by atomic mass is 10.2. The van der Waals surface area contributed by atoms with Crippen molar-refractivity contribution in [3.63, 3.8) is 0 Å². The van der Waals surface area contributed by atoms with Gasteiger partial charge in [-0.3, -0.25) is 19.8 Å². The van der Waals surface area contributed by atoms with E-state index in [0.717, 1.165) is 9.75 Å². The Morgan fingerprint density at radius 3 is 2.42 bits per heavy atom. The number of carbonyl (C=O) groups is 3. The van der Waals surface area contributed by atoms with E-state index in [9.17, 15) is 14.4 Å². The fraction of sp³-hybridized carbons (Fsp3) is 0.562. The molecule has 1 aromatic rings. The highest BCUT2D eigenvalue weighted by Gasteiger charge is 2.28. The highest BCUT2D eigenvalue weighted by molar-refractivity contribution is 7.13. The molecule has 132 valence electrons. The zero-order valence-electron chi connectivity index (χ0n) is 14.3. The van der Waals surface area contributed by atoms with Gasteiger partial charge in [-0.1, -0.05) is 0 Å². The summed E-state index contributed by atoms with van der Waals surface area (Å²) in [5.74, 6) is -0.276. The lowest BCUT2D eigenvalue weighted by molar-refractivity contribution is -0.125. The molecule has 8 heteroatoms. The van der Waals surface area contributed by atoms with Crippen molar-refractivity contribution in [3.05, 3.63) is 21.9 Å². The van der Waals surface area contributed by atoms with Crippen LogP contribution < -0.4 is 10.6 Å². The number of aryl methyl sites for hydroxylation is 1. The zero-order valence-corrected chi connectivity index (χ0v) is 15.1. The van der Waals surface area contributed by atoms with Gasteiger partial charge in [0.25, 0.3) is 5.91 Å². The molecule has 0 radical (unpaired) electrons. The van der Waals surface area contributed by atoms with Gasteiger partial charge in [-0.2, -0.15) is 0 Å². The van der Waals surface area contributed by atoms with E-state index in [2.05, 4.69) is 10.6 Å². The van der Waals surface area contributed by atoms with Gasteiger partial charge in [-0.15, -0.1) is 11.3 Å². The summed E-state index contributed by atoms with van der Waals surface area (Å²) in [6, 6.07) is 2.92. The molecule has 2 N–H and O–H groups in total. The van der Waals surface area contributed by atoms with Gasteiger partial charge in [-0.05, 0) is 32.9 Å². The summed E-state index contributed by atoms with van der Waals surface area (Å²) < 4.78 is 0. The molecule has 0 bridgehead atoms. The fourth-order valence-electron chi connectivity index (χ4n) is 2.60. The first-order valence-corrected chi connectivity index (χ1v) is 8.92. The Morgan fingerprint density at radius 2 is 1.88 bits per heavy atom. The third kappa shape index (κ3) is 4.55. The molecule has 0 spiro atoms. The smallest absolute Gasteiger partial charge is 0.321 e. The largest absolute Gasteiger partial charge is 0.338 e. The SMILES string of the molecule is CCNC(=O)NC(=O)[C@H](C)N1CCN(C(=O)c2ccc(C)s2)CC1. The van der Waals surface area contributed by atoms with Crippen LogP contribution in [0.5, 0.6) is 0 Å². The molecule has 0 aromatic carbocycles. The van der Waals surface area contributed by atoms with Gasteiger partial charge >= 0.3 is 6.03 Å². The van der Waals surface area contributed by atoms with E-state index in [-0.39, 0.29) is 11.8 Å². The van der Waals surface area contributed by atoms with Crippen molar-refractivity contribution < 1.29 is 14.4 Å². The predicted molar refractivity (Wildman–Crippen MR) is 93.2 cm³/mol. The molecule has 1 fully saturated rings. The lowest BCUT2D eigenvalue weighted by Gasteiger charge is -2.37. The number of urea groups is 1. The van der Waals surface area contributed by atoms with Gasteiger partial charge in [0, 0.05) is 37.6 Å². The van der Waals surface area contributed by atoms with E-state index < -0.39 is 12.1 Å². The van der Waals surface area contributed by atoms with E-state index in [1.807, 2.05) is 28.9 Å². The molecule has 0 saturated carbocycles. The van der Waals surface area contributed by atoms with Crippen molar-refractivity contribution in [1.82, 2.24) is 20.4 Å². The van der Waals surface area contributed by atoms with E-state index in [4.69, 9.17) is 0 Å². The van der Waals surface area contributed by atoms with Crippen molar-refractivity contribution in [1.29, 1.82) is 0 Å². The number of hydrogen-bond donors (Lipinski definition) is 2. The van der Waals surface area contributed by atoms with Crippen molar-refractivity contribution >= 4 is 29.2 Å². The Labute approximate surface area is 146 Å². The van der Waals surface area contributed by atoms with E-state index in [1.54, 1.807) is 13.8 Å². The number of piperazine rings is 1. The molecule has 24 heavy (non-hydrogen) atoms. The maximum absolute atomic E-state index is 12.4. The number of imide groups is 1. The number of hydrogen-bond acceptors (Lipinski definition) is 5. The molecule has 1 aliphatic heterocycles. The summed E-state index contributed by atoms with van der Waals surface area (Å²) in [5.41, 5.74) is 0. The maximum atomic E-state index is 12.4. The molecule has 1 atom stereocenters. The number of nitrogens with one attached hydrogen (secondary N) is 2. The van der Waals surface area contributed by atoms with Crippen molar-refractivity contribution in [2.24, 2.45) is 0 Å². The highest BCUT2D eigenvalue weighted by Crippen LogP contribution is 2.18. The van der Waals surface area contributed by atoms with Crippen LogP contribution in [0.1, 0.15) is 28.4 Å². The summed E-state index contributed by atoms with van der Waals surface area (Å²) in [7, 11) is 0. The third-order valence-electron chi connectivity index (χ3n) is 4.05. The number of thiophene rings is 1. The average molecular weight is 352 g/mol. The second-order valence-electron chi connectivity index (χ2n) is 5.76. The minimum Gasteiger partial charge on any atom is -0.338 e. The normalized spacial score (nSPS) is 16.5. The first-order chi connectivity index (χ1) is 11.4. The molecular formula is C16H24N4O3S. The molecule has 2 heterocycles. The standard InChI is InChI=1S/C16H24N4O3S/c1-4-17-16(23)18-14(21)12(3)19-7-9-20(10-8-19)15(22)13-6-5-11(2)24-13/h5-6,12H,4,7-10H2,1-3H3,(H2,17,18,21,23)/t12-/m0/s1. The Bertz CT molecular complexity index is 608. The first kappa shape index (κ1) is 18.4. The van der Waals surface area contributed by atoms with Gasteiger partial charge < -0.3 is 10.2 Å². The van der Waals surface area contributed by atoms with Crippen LogP contribution in [0.15, 0.2) is 12.1 Å². The number of carbonyl (C=O) groups excluding carboxylic acids is 3. The van der Waals surface area contributed by atoms with Crippen LogP contribution in [0, 0.1) is 6.92 Å². The van der Waals surface area contributed by atoms with Gasteiger partial charge in [0.15, 0.2) is 0 Å². The fourth-order valence-corrected chi connectivity index (χ4v) is 3.44. The van der Waals surface area contributed by atoms with E-state index >= 15 is 0 Å². The minimum atomic E-state index is -0.476. The third-order valence-corrected chi connectivity index (χ3v) is 5.04. The molecule has 1 aliphatic rings. The Morgan fingerprint density at radius 1 is 1.21 bits per heavy atom. The van der Waals surface area contributed by atoms with Gasteiger partial charge in [0.05, 0.1) is 10.9 Å². The zero-order chi connectivity index (χ0) is 17.7. The summed E-state index contributed by atoms with van der Waals surface area (Å²) >= 11 is 1.50. The van der Waals surface area contributed by atoms with Crippen LogP contribution in [0.25, 0.3) is 0 Å². The first-order valence-electron chi connectivity index (χ1n) is 8.10. The van der Waals surface area contributed by atoms with Crippen LogP contribution in [0.4, 0.5) is 4.79 Å². The molecule has 0 aliphatic carbocycles. The quantitative estimate of drug-likeness (QED) is 0.849.